The van der Waals surface area contributed by atoms with Gasteiger partial charge in [0.2, 0.25) is 0 Å². The molecule has 2 aromatic carbocycles. The first kappa shape index (κ1) is 17.1. The first-order valence-corrected chi connectivity index (χ1v) is 7.67. The standard InChI is InChI=1S/C17H18BrNO4/c1-20-15-8-7-12(9-14(15)18)11-23-19-10-13-5-4-6-16(21-2)17(13)22-3/h4-10H,11H2,1-3H3/b19-10-. The van der Waals surface area contributed by atoms with Crippen molar-refractivity contribution in [3.05, 3.63) is 52.0 Å². The van der Waals surface area contributed by atoms with Crippen LogP contribution in [-0.2, 0) is 11.4 Å². The van der Waals surface area contributed by atoms with E-state index in [0.29, 0.717) is 18.1 Å². The molecule has 0 fully saturated rings. The summed E-state index contributed by atoms with van der Waals surface area (Å²) in [6, 6.07) is 11.3. The summed E-state index contributed by atoms with van der Waals surface area (Å²) >= 11 is 3.44. The molecule has 0 radical (unpaired) electrons. The van der Waals surface area contributed by atoms with Crippen molar-refractivity contribution in [2.75, 3.05) is 21.3 Å². The summed E-state index contributed by atoms with van der Waals surface area (Å²) in [4.78, 5) is 5.34. The lowest BCUT2D eigenvalue weighted by molar-refractivity contribution is 0.132. The summed E-state index contributed by atoms with van der Waals surface area (Å²) in [6.45, 7) is 0.353. The number of benzene rings is 2. The van der Waals surface area contributed by atoms with Crippen LogP contribution in [-0.4, -0.2) is 27.5 Å². The molecule has 0 N–H and O–H groups in total. The Kier molecular flexibility index (Phi) is 6.29. The Balaban J connectivity index is 2.01. The third-order valence-corrected chi connectivity index (χ3v) is 3.77. The van der Waals surface area contributed by atoms with E-state index in [-0.39, 0.29) is 0 Å². The molecule has 2 rings (SSSR count). The van der Waals surface area contributed by atoms with E-state index in [9.17, 15) is 0 Å². The molecule has 0 spiro atoms. The van der Waals surface area contributed by atoms with Gasteiger partial charge in [0, 0.05) is 5.56 Å². The van der Waals surface area contributed by atoms with Gasteiger partial charge >= 0.3 is 0 Å². The third-order valence-electron chi connectivity index (χ3n) is 3.15. The maximum atomic E-state index is 5.34. The number of ether oxygens (including phenoxy) is 3. The molecule has 0 saturated heterocycles. The molecule has 23 heavy (non-hydrogen) atoms. The number of halogens is 1. The number of nitrogens with zero attached hydrogens (tertiary/aromatic N) is 1. The largest absolute Gasteiger partial charge is 0.496 e. The van der Waals surface area contributed by atoms with Gasteiger partial charge in [-0.05, 0) is 45.8 Å². The third kappa shape index (κ3) is 4.39. The zero-order valence-corrected chi connectivity index (χ0v) is 14.8. The second-order valence-corrected chi connectivity index (χ2v) is 5.41. The molecular weight excluding hydrogens is 362 g/mol. The zero-order valence-electron chi connectivity index (χ0n) is 13.2. The molecule has 122 valence electrons. The molecule has 0 unspecified atom stereocenters. The van der Waals surface area contributed by atoms with Crippen LogP contribution in [0.5, 0.6) is 17.2 Å². The van der Waals surface area contributed by atoms with Crippen molar-refractivity contribution in [3.8, 4) is 17.2 Å². The lowest BCUT2D eigenvalue weighted by atomic mass is 10.2. The molecule has 6 heteroatoms. The summed E-state index contributed by atoms with van der Waals surface area (Å²) in [5, 5.41) is 3.99. The highest BCUT2D eigenvalue weighted by Gasteiger charge is 2.07. The summed E-state index contributed by atoms with van der Waals surface area (Å²) < 4.78 is 16.6. The number of para-hydroxylation sites is 1. The molecule has 0 atom stereocenters. The van der Waals surface area contributed by atoms with Crippen LogP contribution in [0.4, 0.5) is 0 Å². The van der Waals surface area contributed by atoms with E-state index in [1.165, 1.54) is 0 Å². The van der Waals surface area contributed by atoms with Gasteiger partial charge in [-0.15, -0.1) is 0 Å². The first-order valence-electron chi connectivity index (χ1n) is 6.88. The SMILES string of the molecule is COc1ccc(CO/N=C\c2cccc(OC)c2OC)cc1Br. The average molecular weight is 380 g/mol. The fourth-order valence-electron chi connectivity index (χ4n) is 2.02. The molecule has 0 saturated carbocycles. The van der Waals surface area contributed by atoms with E-state index in [1.807, 2.05) is 36.4 Å². The minimum atomic E-state index is 0.353. The minimum Gasteiger partial charge on any atom is -0.496 e. The maximum Gasteiger partial charge on any atom is 0.169 e. The van der Waals surface area contributed by atoms with Crippen LogP contribution < -0.4 is 14.2 Å². The molecule has 0 amide bonds. The zero-order chi connectivity index (χ0) is 16.7. The van der Waals surface area contributed by atoms with Gasteiger partial charge in [-0.3, -0.25) is 0 Å². The minimum absolute atomic E-state index is 0.353. The number of oxime groups is 1. The number of hydrogen-bond acceptors (Lipinski definition) is 5. The van der Waals surface area contributed by atoms with Gasteiger partial charge < -0.3 is 19.0 Å². The van der Waals surface area contributed by atoms with Crippen molar-refractivity contribution in [3.63, 3.8) is 0 Å². The number of rotatable bonds is 7. The van der Waals surface area contributed by atoms with E-state index in [1.54, 1.807) is 27.5 Å². The second kappa shape index (κ2) is 8.43. The van der Waals surface area contributed by atoms with E-state index >= 15 is 0 Å². The molecule has 0 aromatic heterocycles. The summed E-state index contributed by atoms with van der Waals surface area (Å²) in [5.41, 5.74) is 1.76. The van der Waals surface area contributed by atoms with Crippen LogP contribution in [0.25, 0.3) is 0 Å². The molecule has 0 aliphatic rings. The predicted octanol–water partition coefficient (Wildman–Crippen LogP) is 4.03. The lowest BCUT2D eigenvalue weighted by Gasteiger charge is -2.09. The maximum absolute atomic E-state index is 5.34. The Bertz CT molecular complexity index is 688. The highest BCUT2D eigenvalue weighted by Crippen LogP contribution is 2.29. The monoisotopic (exact) mass is 379 g/mol. The van der Waals surface area contributed by atoms with Crippen molar-refractivity contribution < 1.29 is 19.0 Å². The topological polar surface area (TPSA) is 49.3 Å². The van der Waals surface area contributed by atoms with Gasteiger partial charge in [-0.25, -0.2) is 0 Å². The Labute approximate surface area is 143 Å². The second-order valence-electron chi connectivity index (χ2n) is 4.56. The summed E-state index contributed by atoms with van der Waals surface area (Å²) in [6.07, 6.45) is 1.60. The fourth-order valence-corrected chi connectivity index (χ4v) is 2.61. The lowest BCUT2D eigenvalue weighted by Crippen LogP contribution is -1.96. The smallest absolute Gasteiger partial charge is 0.169 e. The molecule has 0 heterocycles. The molecule has 0 aliphatic heterocycles. The normalized spacial score (nSPS) is 10.6. The van der Waals surface area contributed by atoms with Crippen molar-refractivity contribution in [2.45, 2.75) is 6.61 Å². The van der Waals surface area contributed by atoms with E-state index in [2.05, 4.69) is 21.1 Å². The molecule has 0 aliphatic carbocycles. The first-order chi connectivity index (χ1) is 11.2. The van der Waals surface area contributed by atoms with Gasteiger partial charge in [0.05, 0.1) is 32.0 Å². The molecule has 2 aromatic rings. The highest BCUT2D eigenvalue weighted by molar-refractivity contribution is 9.10. The number of hydrogen-bond donors (Lipinski definition) is 0. The van der Waals surface area contributed by atoms with Gasteiger partial charge in [0.1, 0.15) is 12.4 Å². The fraction of sp³-hybridized carbons (Fsp3) is 0.235. The molecular formula is C17H18BrNO4. The molecule has 5 nitrogen and oxygen atoms in total. The summed E-state index contributed by atoms with van der Waals surface area (Å²) in [7, 11) is 4.81. The van der Waals surface area contributed by atoms with Crippen molar-refractivity contribution in [1.82, 2.24) is 0 Å². The average Bonchev–Trinajstić information content (AvgIpc) is 2.58. The van der Waals surface area contributed by atoms with Crippen molar-refractivity contribution in [1.29, 1.82) is 0 Å². The van der Waals surface area contributed by atoms with Crippen molar-refractivity contribution in [2.24, 2.45) is 5.16 Å². The van der Waals surface area contributed by atoms with Crippen LogP contribution in [0.1, 0.15) is 11.1 Å². The van der Waals surface area contributed by atoms with Gasteiger partial charge in [0.25, 0.3) is 0 Å². The van der Waals surface area contributed by atoms with E-state index in [0.717, 1.165) is 21.3 Å². The quantitative estimate of drug-likeness (QED) is 0.538. The van der Waals surface area contributed by atoms with Crippen LogP contribution in [0.2, 0.25) is 0 Å². The Morgan fingerprint density at radius 1 is 1.00 bits per heavy atom. The Morgan fingerprint density at radius 2 is 1.78 bits per heavy atom. The van der Waals surface area contributed by atoms with Crippen LogP contribution in [0.15, 0.2) is 46.0 Å². The van der Waals surface area contributed by atoms with Gasteiger partial charge in [-0.1, -0.05) is 17.3 Å². The Morgan fingerprint density at radius 3 is 2.43 bits per heavy atom. The molecule has 0 bridgehead atoms. The van der Waals surface area contributed by atoms with Crippen molar-refractivity contribution >= 4 is 22.1 Å². The Hall–Kier alpha value is -2.21. The van der Waals surface area contributed by atoms with Gasteiger partial charge in [0.15, 0.2) is 11.5 Å². The van der Waals surface area contributed by atoms with Crippen LogP contribution >= 0.6 is 15.9 Å². The van der Waals surface area contributed by atoms with Gasteiger partial charge in [-0.2, -0.15) is 0 Å². The van der Waals surface area contributed by atoms with E-state index < -0.39 is 0 Å². The number of methoxy groups -OCH3 is 3. The van der Waals surface area contributed by atoms with Crippen LogP contribution in [0, 0.1) is 0 Å². The predicted molar refractivity (Wildman–Crippen MR) is 92.6 cm³/mol. The van der Waals surface area contributed by atoms with Crippen LogP contribution in [0.3, 0.4) is 0 Å². The van der Waals surface area contributed by atoms with E-state index in [4.69, 9.17) is 19.0 Å². The summed E-state index contributed by atoms with van der Waals surface area (Å²) in [5.74, 6) is 2.04. The highest BCUT2D eigenvalue weighted by atomic mass is 79.9.